The second kappa shape index (κ2) is 4.31. The normalized spacial score (nSPS) is 10.2. The maximum Gasteiger partial charge on any atom is 0.165 e. The second-order valence-corrected chi connectivity index (χ2v) is 3.32. The van der Waals surface area contributed by atoms with Crippen LogP contribution in [0.1, 0.15) is 5.56 Å². The molecule has 0 bridgehead atoms. The molecule has 0 fully saturated rings. The number of halogens is 2. The minimum Gasteiger partial charge on any atom is -0.454 e. The van der Waals surface area contributed by atoms with Crippen LogP contribution in [-0.4, -0.2) is 0 Å². The summed E-state index contributed by atoms with van der Waals surface area (Å²) in [7, 11) is 0. The Kier molecular flexibility index (Phi) is 2.86. The molecule has 0 atom stereocenters. The summed E-state index contributed by atoms with van der Waals surface area (Å²) in [4.78, 5) is 0. The van der Waals surface area contributed by atoms with Crippen molar-refractivity contribution in [2.24, 2.45) is 0 Å². The minimum atomic E-state index is -0.503. The first-order valence-corrected chi connectivity index (χ1v) is 4.70. The van der Waals surface area contributed by atoms with Gasteiger partial charge in [-0.2, -0.15) is 0 Å². The van der Waals surface area contributed by atoms with Crippen molar-refractivity contribution in [3.8, 4) is 11.5 Å². The molecule has 2 aromatic carbocycles. The van der Waals surface area contributed by atoms with Crippen molar-refractivity contribution < 1.29 is 13.5 Å². The lowest BCUT2D eigenvalue weighted by molar-refractivity contribution is 0.438. The predicted octanol–water partition coefficient (Wildman–Crippen LogP) is 3.94. The second-order valence-electron chi connectivity index (χ2n) is 3.32. The van der Waals surface area contributed by atoms with Gasteiger partial charge in [-0.05, 0) is 36.8 Å². The van der Waals surface area contributed by atoms with Crippen LogP contribution in [0.5, 0.6) is 11.5 Å². The zero-order valence-electron chi connectivity index (χ0n) is 8.41. The van der Waals surface area contributed by atoms with Gasteiger partial charge in [-0.1, -0.05) is 12.1 Å². The van der Waals surface area contributed by atoms with Crippen LogP contribution in [-0.2, 0) is 0 Å². The fourth-order valence-corrected chi connectivity index (χ4v) is 1.28. The van der Waals surface area contributed by atoms with E-state index in [0.717, 1.165) is 0 Å². The van der Waals surface area contributed by atoms with Gasteiger partial charge in [-0.25, -0.2) is 8.78 Å². The quantitative estimate of drug-likeness (QED) is 0.743. The van der Waals surface area contributed by atoms with Gasteiger partial charge in [0.1, 0.15) is 11.6 Å². The SMILES string of the molecule is [CH2]c1ccc(F)c(Oc2cccc(F)c2)c1. The van der Waals surface area contributed by atoms with Gasteiger partial charge in [0, 0.05) is 6.07 Å². The van der Waals surface area contributed by atoms with Gasteiger partial charge in [-0.15, -0.1) is 0 Å². The molecule has 0 unspecified atom stereocenters. The van der Waals surface area contributed by atoms with Crippen LogP contribution in [0, 0.1) is 18.6 Å². The minimum absolute atomic E-state index is 0.0399. The molecule has 0 heterocycles. The summed E-state index contributed by atoms with van der Waals surface area (Å²) >= 11 is 0. The smallest absolute Gasteiger partial charge is 0.165 e. The van der Waals surface area contributed by atoms with Gasteiger partial charge in [0.2, 0.25) is 0 Å². The first kappa shape index (κ1) is 10.6. The third-order valence-electron chi connectivity index (χ3n) is 2.02. The molecular weight excluding hydrogens is 210 g/mol. The highest BCUT2D eigenvalue weighted by Gasteiger charge is 2.05. The number of hydrogen-bond donors (Lipinski definition) is 0. The molecule has 1 nitrogen and oxygen atoms in total. The third-order valence-corrected chi connectivity index (χ3v) is 2.02. The van der Waals surface area contributed by atoms with Gasteiger partial charge < -0.3 is 4.74 Å². The van der Waals surface area contributed by atoms with E-state index in [1.54, 1.807) is 6.07 Å². The van der Waals surface area contributed by atoms with Gasteiger partial charge in [-0.3, -0.25) is 0 Å². The van der Waals surface area contributed by atoms with Crippen molar-refractivity contribution >= 4 is 0 Å². The van der Waals surface area contributed by atoms with Crippen molar-refractivity contribution in [1.82, 2.24) is 0 Å². The maximum absolute atomic E-state index is 13.3. The van der Waals surface area contributed by atoms with Crippen molar-refractivity contribution in [2.45, 2.75) is 0 Å². The highest BCUT2D eigenvalue weighted by molar-refractivity contribution is 5.36. The zero-order chi connectivity index (χ0) is 11.5. The van der Waals surface area contributed by atoms with Crippen molar-refractivity contribution in [3.05, 3.63) is 66.6 Å². The Morgan fingerprint density at radius 2 is 1.81 bits per heavy atom. The van der Waals surface area contributed by atoms with Crippen LogP contribution in [0.2, 0.25) is 0 Å². The number of benzene rings is 2. The van der Waals surface area contributed by atoms with E-state index < -0.39 is 11.6 Å². The lowest BCUT2D eigenvalue weighted by atomic mass is 10.2. The van der Waals surface area contributed by atoms with E-state index in [4.69, 9.17) is 4.74 Å². The molecule has 0 saturated heterocycles. The van der Waals surface area contributed by atoms with E-state index in [1.807, 2.05) is 0 Å². The van der Waals surface area contributed by atoms with Crippen molar-refractivity contribution in [2.75, 3.05) is 0 Å². The molecule has 3 heteroatoms. The largest absolute Gasteiger partial charge is 0.454 e. The van der Waals surface area contributed by atoms with E-state index in [0.29, 0.717) is 5.56 Å². The Morgan fingerprint density at radius 1 is 1.00 bits per heavy atom. The third kappa shape index (κ3) is 2.37. The average Bonchev–Trinajstić information content (AvgIpc) is 2.24. The van der Waals surface area contributed by atoms with Crippen molar-refractivity contribution in [1.29, 1.82) is 0 Å². The Labute approximate surface area is 92.3 Å². The average molecular weight is 219 g/mol. The molecule has 0 aliphatic heterocycles. The van der Waals surface area contributed by atoms with E-state index in [9.17, 15) is 8.78 Å². The first-order chi connectivity index (χ1) is 7.65. The van der Waals surface area contributed by atoms with Gasteiger partial charge in [0.05, 0.1) is 0 Å². The molecule has 2 aromatic rings. The Hall–Kier alpha value is -1.90. The summed E-state index contributed by atoms with van der Waals surface area (Å²) in [6, 6.07) is 9.79. The van der Waals surface area contributed by atoms with Crippen LogP contribution < -0.4 is 4.74 Å². The lowest BCUT2D eigenvalue weighted by Crippen LogP contribution is -1.89. The Morgan fingerprint density at radius 3 is 2.56 bits per heavy atom. The molecule has 0 saturated carbocycles. The van der Waals surface area contributed by atoms with E-state index >= 15 is 0 Å². The monoisotopic (exact) mass is 219 g/mol. The Bertz CT molecular complexity index is 509. The Balaban J connectivity index is 2.30. The first-order valence-electron chi connectivity index (χ1n) is 4.70. The molecule has 0 aliphatic rings. The standard InChI is InChI=1S/C13H9F2O/c1-9-5-6-12(15)13(7-9)16-11-4-2-3-10(14)8-11/h2-8H,1H2. The van der Waals surface area contributed by atoms with Crippen LogP contribution in [0.3, 0.4) is 0 Å². The number of rotatable bonds is 2. The lowest BCUT2D eigenvalue weighted by Gasteiger charge is -2.07. The number of ether oxygens (including phenoxy) is 1. The van der Waals surface area contributed by atoms with Gasteiger partial charge >= 0.3 is 0 Å². The molecule has 0 spiro atoms. The highest BCUT2D eigenvalue weighted by atomic mass is 19.1. The molecule has 0 amide bonds. The summed E-state index contributed by atoms with van der Waals surface area (Å²) in [5, 5.41) is 0. The maximum atomic E-state index is 13.3. The van der Waals surface area contributed by atoms with E-state index in [2.05, 4.69) is 6.92 Å². The molecular formula is C13H9F2O. The van der Waals surface area contributed by atoms with Crippen LogP contribution in [0.4, 0.5) is 8.78 Å². The molecule has 2 rings (SSSR count). The number of hydrogen-bond acceptors (Lipinski definition) is 1. The molecule has 0 N–H and O–H groups in total. The van der Waals surface area contributed by atoms with E-state index in [-0.39, 0.29) is 11.5 Å². The van der Waals surface area contributed by atoms with Crippen LogP contribution in [0.25, 0.3) is 0 Å². The fraction of sp³-hybridized carbons (Fsp3) is 0. The topological polar surface area (TPSA) is 9.23 Å². The molecule has 0 aromatic heterocycles. The van der Waals surface area contributed by atoms with E-state index in [1.165, 1.54) is 36.4 Å². The van der Waals surface area contributed by atoms with Crippen molar-refractivity contribution in [3.63, 3.8) is 0 Å². The van der Waals surface area contributed by atoms with Gasteiger partial charge in [0.15, 0.2) is 11.6 Å². The van der Waals surface area contributed by atoms with Gasteiger partial charge in [0.25, 0.3) is 0 Å². The summed E-state index contributed by atoms with van der Waals surface area (Å²) in [6.07, 6.45) is 0. The summed E-state index contributed by atoms with van der Waals surface area (Å²) in [5.74, 6) is -0.636. The summed E-state index contributed by atoms with van der Waals surface area (Å²) in [6.45, 7) is 3.66. The fourth-order valence-electron chi connectivity index (χ4n) is 1.28. The van der Waals surface area contributed by atoms with Crippen LogP contribution in [0.15, 0.2) is 42.5 Å². The van der Waals surface area contributed by atoms with Crippen LogP contribution >= 0.6 is 0 Å². The molecule has 16 heavy (non-hydrogen) atoms. The predicted molar refractivity (Wildman–Crippen MR) is 57.3 cm³/mol. The highest BCUT2D eigenvalue weighted by Crippen LogP contribution is 2.25. The zero-order valence-corrected chi connectivity index (χ0v) is 8.41. The summed E-state index contributed by atoms with van der Waals surface area (Å²) < 4.78 is 31.4. The summed E-state index contributed by atoms with van der Waals surface area (Å²) in [5.41, 5.74) is 0.632. The molecule has 0 aliphatic carbocycles. The molecule has 1 radical (unpaired) electrons. The molecule has 81 valence electrons.